The third-order valence-corrected chi connectivity index (χ3v) is 3.09. The minimum atomic E-state index is -3.40. The van der Waals surface area contributed by atoms with Crippen LogP contribution in [0.3, 0.4) is 0 Å². The number of aromatic nitrogens is 3. The van der Waals surface area contributed by atoms with Crippen molar-refractivity contribution in [3.05, 3.63) is 18.5 Å². The van der Waals surface area contributed by atoms with Gasteiger partial charge in [0, 0.05) is 13.1 Å². The summed E-state index contributed by atoms with van der Waals surface area (Å²) >= 11 is 0. The molecule has 2 aromatic rings. The number of nitrogens with zero attached hydrogens (tertiary/aromatic N) is 3. The van der Waals surface area contributed by atoms with Gasteiger partial charge in [0.15, 0.2) is 11.5 Å². The number of hydrogen-bond donors (Lipinski definition) is 2. The molecule has 0 atom stereocenters. The number of nitrogens with one attached hydrogen (secondary N) is 2. The van der Waals surface area contributed by atoms with Crippen LogP contribution in [0.2, 0.25) is 0 Å². The number of hydrazine groups is 1. The largest absolute Gasteiger partial charge is 0.281 e. The predicted molar refractivity (Wildman–Crippen MR) is 65.2 cm³/mol. The van der Waals surface area contributed by atoms with E-state index in [9.17, 15) is 13.2 Å². The Balaban J connectivity index is 2.40. The normalized spacial score (nSPS) is 11.4. The topological polar surface area (TPSA) is 106 Å². The highest BCUT2D eigenvalue weighted by Gasteiger charge is 2.12. The summed E-state index contributed by atoms with van der Waals surface area (Å²) in [6, 6.07) is 1.53. The van der Waals surface area contributed by atoms with Crippen molar-refractivity contribution >= 4 is 32.9 Å². The van der Waals surface area contributed by atoms with Gasteiger partial charge in [-0.1, -0.05) is 0 Å². The number of hydrogen-bond acceptors (Lipinski definition) is 6. The van der Waals surface area contributed by atoms with Crippen LogP contribution in [0.25, 0.3) is 11.2 Å². The quantitative estimate of drug-likeness (QED) is 0.741. The zero-order valence-electron chi connectivity index (χ0n) is 9.71. The van der Waals surface area contributed by atoms with Gasteiger partial charge < -0.3 is 0 Å². The van der Waals surface area contributed by atoms with Crippen molar-refractivity contribution in [2.75, 3.05) is 11.7 Å². The maximum atomic E-state index is 11.4. The Labute approximate surface area is 103 Å². The Morgan fingerprint density at radius 3 is 2.78 bits per heavy atom. The second-order valence-electron chi connectivity index (χ2n) is 3.64. The predicted octanol–water partition coefficient (Wildman–Crippen LogP) is -0.298. The third kappa shape index (κ3) is 2.40. The molecule has 8 nitrogen and oxygen atoms in total. The average Bonchev–Trinajstić information content (AvgIpc) is 2.68. The zero-order chi connectivity index (χ0) is 13.3. The molecule has 2 N–H and O–H groups in total. The summed E-state index contributed by atoms with van der Waals surface area (Å²) in [5.74, 6) is 0.0505. The van der Waals surface area contributed by atoms with E-state index in [2.05, 4.69) is 20.8 Å². The van der Waals surface area contributed by atoms with Gasteiger partial charge in [-0.3, -0.25) is 15.6 Å². The van der Waals surface area contributed by atoms with Crippen LogP contribution in [0, 0.1) is 0 Å². The molecule has 2 heterocycles. The first-order valence-corrected chi connectivity index (χ1v) is 6.80. The lowest BCUT2D eigenvalue weighted by Crippen LogP contribution is -2.27. The molecule has 96 valence electrons. The van der Waals surface area contributed by atoms with Crippen molar-refractivity contribution in [3.63, 3.8) is 0 Å². The van der Waals surface area contributed by atoms with Crippen LogP contribution >= 0.6 is 0 Å². The molecule has 0 unspecified atom stereocenters. The summed E-state index contributed by atoms with van der Waals surface area (Å²) in [5.41, 5.74) is 5.55. The molecule has 0 radical (unpaired) electrons. The smallest absolute Gasteiger partial charge is 0.237 e. The van der Waals surface area contributed by atoms with Crippen LogP contribution < -0.4 is 10.9 Å². The molecule has 0 aliphatic carbocycles. The van der Waals surface area contributed by atoms with Gasteiger partial charge in [0.05, 0.1) is 12.5 Å². The van der Waals surface area contributed by atoms with E-state index in [1.165, 1.54) is 25.4 Å². The number of fused-ring (bicyclic) bond motifs is 1. The Morgan fingerprint density at radius 2 is 2.17 bits per heavy atom. The van der Waals surface area contributed by atoms with Gasteiger partial charge in [0.1, 0.15) is 5.52 Å². The fourth-order valence-corrected chi connectivity index (χ4v) is 2.10. The van der Waals surface area contributed by atoms with Crippen molar-refractivity contribution in [1.29, 1.82) is 0 Å². The van der Waals surface area contributed by atoms with E-state index in [0.29, 0.717) is 11.3 Å². The van der Waals surface area contributed by atoms with Crippen molar-refractivity contribution in [1.82, 2.24) is 19.4 Å². The molecule has 18 heavy (non-hydrogen) atoms. The molecular formula is C9H11N5O3S. The van der Waals surface area contributed by atoms with E-state index < -0.39 is 10.0 Å². The van der Waals surface area contributed by atoms with Crippen molar-refractivity contribution in [2.45, 2.75) is 6.92 Å². The maximum absolute atomic E-state index is 11.4. The second-order valence-corrected chi connectivity index (χ2v) is 5.50. The van der Waals surface area contributed by atoms with Crippen LogP contribution in [-0.4, -0.2) is 34.5 Å². The Morgan fingerprint density at radius 1 is 1.44 bits per heavy atom. The number of carbonyl (C=O) groups excluding carboxylic acids is 1. The first kappa shape index (κ1) is 12.3. The first-order valence-electron chi connectivity index (χ1n) is 4.95. The van der Waals surface area contributed by atoms with E-state index in [1.807, 2.05) is 0 Å². The van der Waals surface area contributed by atoms with Crippen LogP contribution in [0.5, 0.6) is 0 Å². The minimum absolute atomic E-state index is 0.242. The molecule has 0 saturated carbocycles. The summed E-state index contributed by atoms with van der Waals surface area (Å²) in [7, 11) is -3.40. The summed E-state index contributed by atoms with van der Waals surface area (Å²) in [6.07, 6.45) is 3.79. The molecule has 2 aromatic heterocycles. The van der Waals surface area contributed by atoms with Crippen LogP contribution in [0.1, 0.15) is 6.92 Å². The lowest BCUT2D eigenvalue weighted by Gasteiger charge is -2.05. The fourth-order valence-electron chi connectivity index (χ4n) is 1.37. The van der Waals surface area contributed by atoms with Gasteiger partial charge in [-0.2, -0.15) is 0 Å². The summed E-state index contributed by atoms with van der Waals surface area (Å²) in [6.45, 7) is 1.35. The molecule has 1 amide bonds. The van der Waals surface area contributed by atoms with E-state index in [1.54, 1.807) is 0 Å². The number of rotatable bonds is 3. The lowest BCUT2D eigenvalue weighted by molar-refractivity contribution is -0.118. The SMILES string of the molecule is CC(=O)NNc1cnc2c(ccn2S(C)(=O)=O)n1. The van der Waals surface area contributed by atoms with Crippen molar-refractivity contribution in [2.24, 2.45) is 0 Å². The van der Waals surface area contributed by atoms with E-state index in [0.717, 1.165) is 10.2 Å². The maximum Gasteiger partial charge on any atom is 0.237 e. The highest BCUT2D eigenvalue weighted by Crippen LogP contribution is 2.14. The molecule has 0 aromatic carbocycles. The number of carbonyl (C=O) groups is 1. The molecule has 9 heteroatoms. The van der Waals surface area contributed by atoms with Crippen molar-refractivity contribution < 1.29 is 13.2 Å². The van der Waals surface area contributed by atoms with Crippen LogP contribution in [0.15, 0.2) is 18.5 Å². The monoisotopic (exact) mass is 269 g/mol. The molecular weight excluding hydrogens is 258 g/mol. The van der Waals surface area contributed by atoms with Gasteiger partial charge in [-0.15, -0.1) is 0 Å². The second kappa shape index (κ2) is 4.26. The third-order valence-electron chi connectivity index (χ3n) is 2.08. The van der Waals surface area contributed by atoms with Gasteiger partial charge in [-0.05, 0) is 6.07 Å². The fraction of sp³-hybridized carbons (Fsp3) is 0.222. The Hall–Kier alpha value is -2.16. The molecule has 2 rings (SSSR count). The Bertz CT molecular complexity index is 706. The van der Waals surface area contributed by atoms with E-state index >= 15 is 0 Å². The van der Waals surface area contributed by atoms with Crippen LogP contribution in [-0.2, 0) is 14.8 Å². The first-order chi connectivity index (χ1) is 8.38. The highest BCUT2D eigenvalue weighted by molar-refractivity contribution is 7.89. The molecule has 0 spiro atoms. The zero-order valence-corrected chi connectivity index (χ0v) is 10.5. The highest BCUT2D eigenvalue weighted by atomic mass is 32.2. The average molecular weight is 269 g/mol. The molecule has 0 aliphatic heterocycles. The van der Waals surface area contributed by atoms with E-state index in [4.69, 9.17) is 0 Å². The van der Waals surface area contributed by atoms with Gasteiger partial charge in [0.25, 0.3) is 0 Å². The van der Waals surface area contributed by atoms with Gasteiger partial charge >= 0.3 is 0 Å². The molecule has 0 bridgehead atoms. The van der Waals surface area contributed by atoms with Gasteiger partial charge in [0.2, 0.25) is 15.9 Å². The summed E-state index contributed by atoms with van der Waals surface area (Å²) in [4.78, 5) is 18.8. The lowest BCUT2D eigenvalue weighted by atomic mass is 10.5. The standard InChI is InChI=1S/C9H11N5O3S/c1-6(15)12-13-8-5-10-9-7(11-8)3-4-14(9)18(2,16)17/h3-5H,1-2H3,(H,11,13)(H,12,15). The Kier molecular flexibility index (Phi) is 2.91. The minimum Gasteiger partial charge on any atom is -0.281 e. The van der Waals surface area contributed by atoms with Gasteiger partial charge in [-0.25, -0.2) is 22.4 Å². The number of amides is 1. The van der Waals surface area contributed by atoms with Crippen molar-refractivity contribution in [3.8, 4) is 0 Å². The molecule has 0 aliphatic rings. The van der Waals surface area contributed by atoms with E-state index in [-0.39, 0.29) is 11.6 Å². The summed E-state index contributed by atoms with van der Waals surface area (Å²) in [5, 5.41) is 0. The van der Waals surface area contributed by atoms with Crippen LogP contribution in [0.4, 0.5) is 5.82 Å². The number of anilines is 1. The summed E-state index contributed by atoms with van der Waals surface area (Å²) < 4.78 is 23.9. The molecule has 0 fully saturated rings. The molecule has 0 saturated heterocycles.